The third kappa shape index (κ3) is 2.28. The van der Waals surface area contributed by atoms with Crippen molar-refractivity contribution in [1.29, 1.82) is 0 Å². The van der Waals surface area contributed by atoms with Gasteiger partial charge in [-0.1, -0.05) is 0 Å². The number of rotatable bonds is 3. The summed E-state index contributed by atoms with van der Waals surface area (Å²) in [5, 5.41) is 0.699. The highest BCUT2D eigenvalue weighted by Crippen LogP contribution is 2.28. The third-order valence-corrected chi connectivity index (χ3v) is 2.30. The van der Waals surface area contributed by atoms with Crippen LogP contribution in [0.3, 0.4) is 0 Å². The summed E-state index contributed by atoms with van der Waals surface area (Å²) in [6.07, 6.45) is 0.682. The zero-order valence-corrected chi connectivity index (χ0v) is 9.64. The van der Waals surface area contributed by atoms with Crippen molar-refractivity contribution in [3.05, 3.63) is 29.8 Å². The van der Waals surface area contributed by atoms with Crippen molar-refractivity contribution in [2.45, 2.75) is 6.42 Å². The molecule has 1 heterocycles. The number of hydrogen-bond donors (Lipinski definition) is 1. The molecule has 0 fully saturated rings. The molecule has 5 heteroatoms. The van der Waals surface area contributed by atoms with E-state index in [2.05, 4.69) is 0 Å². The molecule has 3 nitrogen and oxygen atoms in total. The van der Waals surface area contributed by atoms with Gasteiger partial charge in [0, 0.05) is 11.5 Å². The maximum atomic E-state index is 12.8. The van der Waals surface area contributed by atoms with Crippen LogP contribution in [-0.2, 0) is 6.42 Å². The molecular weight excluding hydrogens is 233 g/mol. The average Bonchev–Trinajstić information content (AvgIpc) is 2.56. The van der Waals surface area contributed by atoms with Crippen molar-refractivity contribution in [2.75, 3.05) is 13.7 Å². The van der Waals surface area contributed by atoms with Crippen LogP contribution in [0.1, 0.15) is 5.56 Å². The molecule has 0 radical (unpaired) electrons. The lowest BCUT2D eigenvalue weighted by molar-refractivity contribution is 0.380. The summed E-state index contributed by atoms with van der Waals surface area (Å²) in [5.41, 5.74) is 6.93. The number of nitrogens with two attached hydrogens (primary N) is 1. The minimum Gasteiger partial charge on any atom is -0.496 e. The molecule has 0 bridgehead atoms. The lowest BCUT2D eigenvalue weighted by atomic mass is 10.1. The van der Waals surface area contributed by atoms with Crippen molar-refractivity contribution in [2.24, 2.45) is 5.73 Å². The Balaban J connectivity index is 0.00000128. The van der Waals surface area contributed by atoms with Gasteiger partial charge in [-0.15, -0.1) is 12.4 Å². The predicted molar refractivity (Wildman–Crippen MR) is 62.7 cm³/mol. The highest BCUT2D eigenvalue weighted by molar-refractivity contribution is 5.85. The van der Waals surface area contributed by atoms with E-state index in [0.717, 1.165) is 5.56 Å². The van der Waals surface area contributed by atoms with Gasteiger partial charge in [-0.3, -0.25) is 0 Å². The second-order valence-electron chi connectivity index (χ2n) is 3.29. The van der Waals surface area contributed by atoms with Gasteiger partial charge in [0.25, 0.3) is 6.01 Å². The van der Waals surface area contributed by atoms with E-state index >= 15 is 0 Å². The molecular formula is C11H13ClFNO2. The lowest BCUT2D eigenvalue weighted by Gasteiger charge is -2.06. The number of furan rings is 1. The van der Waals surface area contributed by atoms with Gasteiger partial charge in [0.2, 0.25) is 0 Å². The van der Waals surface area contributed by atoms with E-state index in [4.69, 9.17) is 14.9 Å². The second kappa shape index (κ2) is 5.18. The molecule has 1 aromatic heterocycles. The van der Waals surface area contributed by atoms with Crippen LogP contribution in [0.15, 0.2) is 22.6 Å². The van der Waals surface area contributed by atoms with E-state index in [9.17, 15) is 4.39 Å². The van der Waals surface area contributed by atoms with Crippen LogP contribution >= 0.6 is 12.4 Å². The Bertz CT molecular complexity index is 484. The highest BCUT2D eigenvalue weighted by Gasteiger charge is 2.09. The first-order chi connectivity index (χ1) is 7.24. The number of hydrogen-bond acceptors (Lipinski definition) is 3. The quantitative estimate of drug-likeness (QED) is 0.904. The highest BCUT2D eigenvalue weighted by atomic mass is 35.5. The van der Waals surface area contributed by atoms with Crippen LogP contribution in [0.2, 0.25) is 0 Å². The zero-order chi connectivity index (χ0) is 10.8. The van der Waals surface area contributed by atoms with Crippen molar-refractivity contribution >= 4 is 23.4 Å². The predicted octanol–water partition coefficient (Wildman–Crippen LogP) is 2.50. The van der Waals surface area contributed by atoms with Crippen LogP contribution in [-0.4, -0.2) is 13.7 Å². The van der Waals surface area contributed by atoms with E-state index in [0.29, 0.717) is 29.7 Å². The molecule has 0 saturated heterocycles. The molecule has 0 saturated carbocycles. The summed E-state index contributed by atoms with van der Waals surface area (Å²) < 4.78 is 22.9. The topological polar surface area (TPSA) is 48.4 Å². The fourth-order valence-corrected chi connectivity index (χ4v) is 1.62. The van der Waals surface area contributed by atoms with E-state index in [1.165, 1.54) is 6.07 Å². The molecule has 16 heavy (non-hydrogen) atoms. The fraction of sp³-hybridized carbons (Fsp3) is 0.273. The van der Waals surface area contributed by atoms with Crippen molar-refractivity contribution in [3.8, 4) is 5.75 Å². The minimum atomic E-state index is -0.586. The largest absolute Gasteiger partial charge is 0.496 e. The first-order valence-corrected chi connectivity index (χ1v) is 4.70. The summed E-state index contributed by atoms with van der Waals surface area (Å²) in [5.74, 6) is 0.716. The minimum absolute atomic E-state index is 0. The fourth-order valence-electron chi connectivity index (χ4n) is 1.62. The number of methoxy groups -OCH3 is 1. The standard InChI is InChI=1S/C11H12FNO2.ClH/c1-14-9-5-8-6-11(12)15-10(8)4-7(9)2-3-13;/h4-6H,2-3,13H2,1H3;1H. The summed E-state index contributed by atoms with van der Waals surface area (Å²) in [6.45, 7) is 0.519. The van der Waals surface area contributed by atoms with Crippen LogP contribution in [0.5, 0.6) is 5.75 Å². The molecule has 2 rings (SSSR count). The first-order valence-electron chi connectivity index (χ1n) is 4.70. The summed E-state index contributed by atoms with van der Waals surface area (Å²) >= 11 is 0. The zero-order valence-electron chi connectivity index (χ0n) is 8.83. The first kappa shape index (κ1) is 12.8. The molecule has 0 spiro atoms. The Morgan fingerprint density at radius 1 is 1.38 bits per heavy atom. The average molecular weight is 246 g/mol. The normalized spacial score (nSPS) is 10.2. The smallest absolute Gasteiger partial charge is 0.278 e. The Kier molecular flexibility index (Phi) is 4.15. The molecule has 0 aliphatic heterocycles. The Morgan fingerprint density at radius 2 is 2.12 bits per heavy atom. The summed E-state index contributed by atoms with van der Waals surface area (Å²) in [6, 6.07) is 4.28. The van der Waals surface area contributed by atoms with Crippen LogP contribution in [0.25, 0.3) is 11.0 Å². The molecule has 2 N–H and O–H groups in total. The Hall–Kier alpha value is -1.26. The van der Waals surface area contributed by atoms with Gasteiger partial charge in [0.15, 0.2) is 0 Å². The molecule has 0 atom stereocenters. The molecule has 0 aliphatic rings. The number of ether oxygens (including phenoxy) is 1. The molecule has 0 aliphatic carbocycles. The Morgan fingerprint density at radius 3 is 2.75 bits per heavy atom. The monoisotopic (exact) mass is 245 g/mol. The number of fused-ring (bicyclic) bond motifs is 1. The number of halogens is 2. The van der Waals surface area contributed by atoms with E-state index in [1.54, 1.807) is 19.2 Å². The molecule has 0 unspecified atom stereocenters. The molecule has 88 valence electrons. The van der Waals surface area contributed by atoms with Gasteiger partial charge >= 0.3 is 0 Å². The van der Waals surface area contributed by atoms with Crippen molar-refractivity contribution in [3.63, 3.8) is 0 Å². The molecule has 2 aromatic rings. The Labute approximate surface area is 98.8 Å². The van der Waals surface area contributed by atoms with Crippen molar-refractivity contribution in [1.82, 2.24) is 0 Å². The summed E-state index contributed by atoms with van der Waals surface area (Å²) in [4.78, 5) is 0. The SMILES string of the molecule is COc1cc2cc(F)oc2cc1CCN.Cl. The van der Waals surface area contributed by atoms with E-state index in [-0.39, 0.29) is 12.4 Å². The van der Waals surface area contributed by atoms with E-state index in [1.807, 2.05) is 0 Å². The maximum absolute atomic E-state index is 12.8. The van der Waals surface area contributed by atoms with Gasteiger partial charge in [-0.2, -0.15) is 4.39 Å². The second-order valence-corrected chi connectivity index (χ2v) is 3.29. The van der Waals surface area contributed by atoms with Crippen LogP contribution in [0.4, 0.5) is 4.39 Å². The summed E-state index contributed by atoms with van der Waals surface area (Å²) in [7, 11) is 1.58. The van der Waals surface area contributed by atoms with Gasteiger partial charge < -0.3 is 14.9 Å². The van der Waals surface area contributed by atoms with Gasteiger partial charge in [-0.05, 0) is 30.7 Å². The van der Waals surface area contributed by atoms with Crippen molar-refractivity contribution < 1.29 is 13.5 Å². The van der Waals surface area contributed by atoms with Gasteiger partial charge in [0.05, 0.1) is 7.11 Å². The molecule has 1 aromatic carbocycles. The van der Waals surface area contributed by atoms with E-state index < -0.39 is 6.01 Å². The van der Waals surface area contributed by atoms with Crippen LogP contribution in [0, 0.1) is 6.01 Å². The van der Waals surface area contributed by atoms with Crippen LogP contribution < -0.4 is 10.5 Å². The van der Waals surface area contributed by atoms with Gasteiger partial charge in [-0.25, -0.2) is 0 Å². The van der Waals surface area contributed by atoms with Gasteiger partial charge in [0.1, 0.15) is 11.3 Å². The maximum Gasteiger partial charge on any atom is 0.278 e. The lowest BCUT2D eigenvalue weighted by Crippen LogP contribution is -2.04. The third-order valence-electron chi connectivity index (χ3n) is 2.30. The molecule has 0 amide bonds. The number of benzene rings is 1.